The summed E-state index contributed by atoms with van der Waals surface area (Å²) in [6.45, 7) is -0.0764. The summed E-state index contributed by atoms with van der Waals surface area (Å²) in [4.78, 5) is 26.4. The highest BCUT2D eigenvalue weighted by molar-refractivity contribution is 6.04. The minimum absolute atomic E-state index is 0.0418. The van der Waals surface area contributed by atoms with Crippen molar-refractivity contribution < 1.29 is 18.3 Å². The first-order valence-electron chi connectivity index (χ1n) is 9.75. The van der Waals surface area contributed by atoms with Crippen molar-refractivity contribution in [2.45, 2.75) is 31.7 Å². The Balaban J connectivity index is 1.40. The second kappa shape index (κ2) is 7.09. The lowest BCUT2D eigenvalue weighted by atomic mass is 9.79. The van der Waals surface area contributed by atoms with E-state index < -0.39 is 6.43 Å². The van der Waals surface area contributed by atoms with Crippen molar-refractivity contribution in [3.05, 3.63) is 48.4 Å². The summed E-state index contributed by atoms with van der Waals surface area (Å²) in [5, 5.41) is 0. The Labute approximate surface area is 165 Å². The summed E-state index contributed by atoms with van der Waals surface area (Å²) in [5.41, 5.74) is 3.48. The number of amides is 1. The van der Waals surface area contributed by atoms with Gasteiger partial charge in [0.1, 0.15) is 0 Å². The molecule has 6 nitrogen and oxygen atoms in total. The van der Waals surface area contributed by atoms with Crippen LogP contribution < -0.4 is 9.64 Å². The number of nitrogens with zero attached hydrogens (tertiary/aromatic N) is 3. The van der Waals surface area contributed by atoms with Gasteiger partial charge in [0, 0.05) is 24.4 Å². The van der Waals surface area contributed by atoms with Gasteiger partial charge in [0.05, 0.1) is 35.9 Å². The van der Waals surface area contributed by atoms with Crippen LogP contribution in [0.2, 0.25) is 0 Å². The molecule has 3 heterocycles. The first-order valence-corrected chi connectivity index (χ1v) is 9.75. The number of nitrogens with one attached hydrogen (secondary N) is 1. The van der Waals surface area contributed by atoms with Crippen LogP contribution in [0.25, 0.3) is 11.0 Å². The molecular formula is C21H20F2N4O2. The van der Waals surface area contributed by atoms with Crippen molar-refractivity contribution >= 4 is 22.6 Å². The molecule has 0 bridgehead atoms. The highest BCUT2D eigenvalue weighted by Gasteiger charge is 2.55. The smallest absolute Gasteiger partial charge is 0.241 e. The van der Waals surface area contributed by atoms with Gasteiger partial charge in [0.2, 0.25) is 18.2 Å². The summed E-state index contributed by atoms with van der Waals surface area (Å²) >= 11 is 0. The quantitative estimate of drug-likeness (QED) is 0.608. The van der Waals surface area contributed by atoms with E-state index in [1.807, 2.05) is 29.2 Å². The van der Waals surface area contributed by atoms with E-state index in [1.54, 1.807) is 18.6 Å². The number of alkyl halides is 2. The van der Waals surface area contributed by atoms with Gasteiger partial charge in [-0.15, -0.1) is 0 Å². The third-order valence-corrected chi connectivity index (χ3v) is 5.64. The maximum Gasteiger partial charge on any atom is 0.241 e. The fourth-order valence-electron chi connectivity index (χ4n) is 4.05. The van der Waals surface area contributed by atoms with Gasteiger partial charge in [0.25, 0.3) is 0 Å². The number of fused-ring (bicyclic) bond motifs is 1. The van der Waals surface area contributed by atoms with Gasteiger partial charge < -0.3 is 14.6 Å². The molecule has 5 rings (SSSR count). The number of halogens is 2. The predicted molar refractivity (Wildman–Crippen MR) is 103 cm³/mol. The standard InChI is InChI=1S/C21H20F2N4O2/c22-17(23)7-8-29-18-6-3-13(10-24-18)20-19(12-1-2-12)21(28)27(20)14-4-5-15-16(9-14)26-11-25-15/h3-6,9-12,17,19-20H,1-2,7-8H2,(H,25,26)/t19?,20-/m1/s1. The van der Waals surface area contributed by atoms with Crippen LogP contribution in [0.1, 0.15) is 30.9 Å². The molecule has 1 amide bonds. The zero-order valence-electron chi connectivity index (χ0n) is 15.6. The molecule has 2 atom stereocenters. The molecule has 2 aliphatic rings. The van der Waals surface area contributed by atoms with Gasteiger partial charge in [-0.2, -0.15) is 0 Å². The molecule has 2 aromatic heterocycles. The van der Waals surface area contributed by atoms with Gasteiger partial charge >= 0.3 is 0 Å². The lowest BCUT2D eigenvalue weighted by Gasteiger charge is -2.47. The SMILES string of the molecule is O=C1C(C2CC2)[C@@H](c2ccc(OCCC(F)F)nc2)N1c1ccc2nc[nH]c2c1. The normalized spacial score (nSPS) is 21.6. The molecule has 150 valence electrons. The average molecular weight is 398 g/mol. The topological polar surface area (TPSA) is 71.1 Å². The van der Waals surface area contributed by atoms with Gasteiger partial charge in [-0.05, 0) is 42.5 Å². The summed E-state index contributed by atoms with van der Waals surface area (Å²) in [5.74, 6) is 0.823. The van der Waals surface area contributed by atoms with Crippen LogP contribution in [0.15, 0.2) is 42.9 Å². The number of β-lactam (4-membered cyclic amide) rings is 1. The van der Waals surface area contributed by atoms with Crippen molar-refractivity contribution in [2.75, 3.05) is 11.5 Å². The minimum atomic E-state index is -2.39. The van der Waals surface area contributed by atoms with Crippen LogP contribution >= 0.6 is 0 Å². The second-order valence-electron chi connectivity index (χ2n) is 7.58. The summed E-state index contributed by atoms with van der Waals surface area (Å²) < 4.78 is 29.8. The third kappa shape index (κ3) is 3.32. The van der Waals surface area contributed by atoms with Crippen molar-refractivity contribution in [1.82, 2.24) is 15.0 Å². The van der Waals surface area contributed by atoms with Crippen LogP contribution in [0, 0.1) is 11.8 Å². The Morgan fingerprint density at radius 3 is 2.79 bits per heavy atom. The summed E-state index contributed by atoms with van der Waals surface area (Å²) in [6.07, 6.45) is 2.74. The first-order chi connectivity index (χ1) is 14.1. The molecule has 29 heavy (non-hydrogen) atoms. The number of hydrogen-bond acceptors (Lipinski definition) is 4. The largest absolute Gasteiger partial charge is 0.477 e. The Kier molecular flexibility index (Phi) is 4.41. The van der Waals surface area contributed by atoms with E-state index in [0.717, 1.165) is 35.1 Å². The molecule has 1 aliphatic heterocycles. The van der Waals surface area contributed by atoms with Gasteiger partial charge in [0.15, 0.2) is 0 Å². The minimum Gasteiger partial charge on any atom is -0.477 e. The molecule has 0 spiro atoms. The molecule has 3 aromatic rings. The van der Waals surface area contributed by atoms with E-state index in [0.29, 0.717) is 11.8 Å². The van der Waals surface area contributed by atoms with Crippen LogP contribution in [-0.4, -0.2) is 33.9 Å². The fraction of sp³-hybridized carbons (Fsp3) is 0.381. The van der Waals surface area contributed by atoms with Crippen molar-refractivity contribution in [3.63, 3.8) is 0 Å². The van der Waals surface area contributed by atoms with Crippen LogP contribution in [0.5, 0.6) is 5.88 Å². The van der Waals surface area contributed by atoms with Crippen molar-refractivity contribution in [3.8, 4) is 5.88 Å². The molecule has 1 aliphatic carbocycles. The molecule has 1 aromatic carbocycles. The van der Waals surface area contributed by atoms with Crippen molar-refractivity contribution in [1.29, 1.82) is 0 Å². The molecule has 1 N–H and O–H groups in total. The van der Waals surface area contributed by atoms with Crippen LogP contribution in [0.4, 0.5) is 14.5 Å². The highest BCUT2D eigenvalue weighted by Crippen LogP contribution is 2.53. The number of carbonyl (C=O) groups excluding carboxylic acids is 1. The van der Waals surface area contributed by atoms with Gasteiger partial charge in [-0.3, -0.25) is 4.79 Å². The summed E-state index contributed by atoms with van der Waals surface area (Å²) in [6, 6.07) is 9.22. The maximum absolute atomic E-state index is 13.0. The van der Waals surface area contributed by atoms with E-state index in [1.165, 1.54) is 0 Å². The molecule has 8 heteroatoms. The Hall–Kier alpha value is -3.03. The number of pyridine rings is 1. The lowest BCUT2D eigenvalue weighted by Crippen LogP contribution is -2.56. The van der Waals surface area contributed by atoms with E-state index >= 15 is 0 Å². The predicted octanol–water partition coefficient (Wildman–Crippen LogP) is 4.11. The number of aromatic amines is 1. The van der Waals surface area contributed by atoms with Gasteiger partial charge in [-0.1, -0.05) is 6.07 Å². The molecule has 1 saturated heterocycles. The monoisotopic (exact) mass is 398 g/mol. The number of carbonyl (C=O) groups is 1. The molecule has 0 radical (unpaired) electrons. The fourth-order valence-corrected chi connectivity index (χ4v) is 4.05. The lowest BCUT2D eigenvalue weighted by molar-refractivity contribution is -0.131. The molecular weight excluding hydrogens is 378 g/mol. The molecule has 1 unspecified atom stereocenters. The zero-order valence-corrected chi connectivity index (χ0v) is 15.6. The van der Waals surface area contributed by atoms with E-state index in [2.05, 4.69) is 15.0 Å². The number of H-pyrrole nitrogens is 1. The van der Waals surface area contributed by atoms with Gasteiger partial charge in [-0.25, -0.2) is 18.7 Å². The number of aromatic nitrogens is 3. The van der Waals surface area contributed by atoms with E-state index in [9.17, 15) is 13.6 Å². The zero-order chi connectivity index (χ0) is 20.0. The summed E-state index contributed by atoms with van der Waals surface area (Å²) in [7, 11) is 0. The van der Waals surface area contributed by atoms with Crippen LogP contribution in [0.3, 0.4) is 0 Å². The number of hydrogen-bond donors (Lipinski definition) is 1. The number of benzene rings is 1. The maximum atomic E-state index is 13.0. The average Bonchev–Trinajstić information content (AvgIpc) is 3.41. The second-order valence-corrected chi connectivity index (χ2v) is 7.58. The Morgan fingerprint density at radius 1 is 1.21 bits per heavy atom. The Morgan fingerprint density at radius 2 is 2.07 bits per heavy atom. The Bertz CT molecular complexity index is 1030. The van der Waals surface area contributed by atoms with E-state index in [4.69, 9.17) is 4.74 Å². The molecule has 1 saturated carbocycles. The molecule has 2 fully saturated rings. The van der Waals surface area contributed by atoms with Crippen LogP contribution in [-0.2, 0) is 4.79 Å². The number of imidazole rings is 1. The highest BCUT2D eigenvalue weighted by atomic mass is 19.3. The van der Waals surface area contributed by atoms with E-state index in [-0.39, 0.29) is 30.9 Å². The number of anilines is 1. The number of ether oxygens (including phenoxy) is 1. The number of rotatable bonds is 7. The first kappa shape index (κ1) is 18.0. The third-order valence-electron chi connectivity index (χ3n) is 5.64. The van der Waals surface area contributed by atoms with Crippen molar-refractivity contribution in [2.24, 2.45) is 11.8 Å².